The molecule has 0 saturated carbocycles. The standard InChI is InChI=1S/C23H48O4S.Na/c1-3-5-7-9-10-11-13-15-20-23(28(25,26)27)21-17-16-19-22(24)18-14-12-8-6-4-2;/h22-24H,3-21H2,1-2H3,(H,25,26,27);/q;+1/p-1. The van der Waals surface area contributed by atoms with Crippen LogP contribution in [-0.4, -0.2) is 29.4 Å². The van der Waals surface area contributed by atoms with Gasteiger partial charge in [-0.25, -0.2) is 8.42 Å². The van der Waals surface area contributed by atoms with Crippen LogP contribution in [0.2, 0.25) is 0 Å². The van der Waals surface area contributed by atoms with E-state index in [9.17, 15) is 18.1 Å². The van der Waals surface area contributed by atoms with E-state index >= 15 is 0 Å². The number of aliphatic hydroxyl groups is 1. The molecule has 0 aliphatic rings. The second-order valence-corrected chi connectivity index (χ2v) is 10.2. The van der Waals surface area contributed by atoms with Crippen LogP contribution >= 0.6 is 0 Å². The van der Waals surface area contributed by atoms with Crippen molar-refractivity contribution in [2.24, 2.45) is 0 Å². The van der Waals surface area contributed by atoms with E-state index in [1.54, 1.807) is 0 Å². The summed E-state index contributed by atoms with van der Waals surface area (Å²) in [6.07, 6.45) is 19.0. The third kappa shape index (κ3) is 21.9. The van der Waals surface area contributed by atoms with Gasteiger partial charge in [0.05, 0.1) is 16.2 Å². The van der Waals surface area contributed by atoms with Crippen molar-refractivity contribution in [1.29, 1.82) is 0 Å². The number of hydrogen-bond acceptors (Lipinski definition) is 4. The molecule has 0 amide bonds. The third-order valence-corrected chi connectivity index (χ3v) is 7.03. The minimum Gasteiger partial charge on any atom is -0.748 e. The smallest absolute Gasteiger partial charge is 0.748 e. The van der Waals surface area contributed by atoms with Gasteiger partial charge in [-0.3, -0.25) is 0 Å². The summed E-state index contributed by atoms with van der Waals surface area (Å²) in [7, 11) is -4.21. The van der Waals surface area contributed by atoms with Gasteiger partial charge >= 0.3 is 29.6 Å². The van der Waals surface area contributed by atoms with E-state index in [-0.39, 0.29) is 35.7 Å². The summed E-state index contributed by atoms with van der Waals surface area (Å²) < 4.78 is 34.6. The van der Waals surface area contributed by atoms with Gasteiger partial charge in [0.25, 0.3) is 0 Å². The molecule has 29 heavy (non-hydrogen) atoms. The Labute approximate surface area is 204 Å². The summed E-state index contributed by atoms with van der Waals surface area (Å²) in [5.41, 5.74) is 0. The van der Waals surface area contributed by atoms with Crippen molar-refractivity contribution in [3.05, 3.63) is 0 Å². The molecule has 0 rings (SSSR count). The Morgan fingerprint density at radius 1 is 0.621 bits per heavy atom. The molecule has 0 aliphatic heterocycles. The maximum atomic E-state index is 11.5. The zero-order valence-electron chi connectivity index (χ0n) is 19.7. The van der Waals surface area contributed by atoms with Crippen molar-refractivity contribution >= 4 is 10.1 Å². The van der Waals surface area contributed by atoms with Gasteiger partial charge in [-0.05, 0) is 25.7 Å². The molecule has 0 bridgehead atoms. The molecule has 0 aromatic carbocycles. The van der Waals surface area contributed by atoms with Crippen LogP contribution in [0, 0.1) is 0 Å². The first-order valence-corrected chi connectivity index (χ1v) is 13.5. The van der Waals surface area contributed by atoms with Gasteiger partial charge in [-0.1, -0.05) is 110 Å². The Morgan fingerprint density at radius 2 is 0.931 bits per heavy atom. The maximum absolute atomic E-state index is 11.5. The fraction of sp³-hybridized carbons (Fsp3) is 1.00. The van der Waals surface area contributed by atoms with Gasteiger partial charge in [-0.2, -0.15) is 0 Å². The monoisotopic (exact) mass is 442 g/mol. The third-order valence-electron chi connectivity index (χ3n) is 5.74. The number of rotatable bonds is 21. The minimum atomic E-state index is -4.21. The molecule has 2 unspecified atom stereocenters. The maximum Gasteiger partial charge on any atom is 1.00 e. The molecular formula is C23H47NaO4S. The van der Waals surface area contributed by atoms with Crippen molar-refractivity contribution in [3.8, 4) is 0 Å². The van der Waals surface area contributed by atoms with Gasteiger partial charge in [0, 0.05) is 5.25 Å². The van der Waals surface area contributed by atoms with Crippen molar-refractivity contribution < 1.29 is 47.6 Å². The fourth-order valence-electron chi connectivity index (χ4n) is 3.82. The zero-order valence-corrected chi connectivity index (χ0v) is 22.5. The van der Waals surface area contributed by atoms with Gasteiger partial charge in [0.2, 0.25) is 0 Å². The molecule has 2 atom stereocenters. The Morgan fingerprint density at radius 3 is 1.34 bits per heavy atom. The molecule has 4 nitrogen and oxygen atoms in total. The van der Waals surface area contributed by atoms with Crippen molar-refractivity contribution in [2.45, 2.75) is 147 Å². The average molecular weight is 443 g/mol. The normalized spacial score (nSPS) is 13.8. The Hall–Kier alpha value is 0.870. The molecule has 0 radical (unpaired) electrons. The molecule has 0 aliphatic carbocycles. The summed E-state index contributed by atoms with van der Waals surface area (Å²) >= 11 is 0. The quantitative estimate of drug-likeness (QED) is 0.167. The largest absolute Gasteiger partial charge is 1.00 e. The van der Waals surface area contributed by atoms with E-state index in [1.807, 2.05) is 0 Å². The van der Waals surface area contributed by atoms with Gasteiger partial charge in [-0.15, -0.1) is 0 Å². The topological polar surface area (TPSA) is 77.4 Å². The van der Waals surface area contributed by atoms with E-state index < -0.39 is 15.4 Å². The second-order valence-electron chi connectivity index (χ2n) is 8.52. The average Bonchev–Trinajstić information content (AvgIpc) is 2.64. The zero-order chi connectivity index (χ0) is 21.1. The molecule has 0 fully saturated rings. The molecule has 1 N–H and O–H groups in total. The molecule has 0 aromatic heterocycles. The Bertz CT molecular complexity index is 429. The van der Waals surface area contributed by atoms with Crippen LogP contribution in [0.4, 0.5) is 0 Å². The minimum absolute atomic E-state index is 0. The summed E-state index contributed by atoms with van der Waals surface area (Å²) in [6, 6.07) is 0. The molecule has 170 valence electrons. The predicted molar refractivity (Wildman–Crippen MR) is 119 cm³/mol. The van der Waals surface area contributed by atoms with E-state index in [2.05, 4.69) is 13.8 Å². The van der Waals surface area contributed by atoms with Gasteiger partial charge in [0.1, 0.15) is 0 Å². The molecule has 0 heterocycles. The van der Waals surface area contributed by atoms with E-state index in [0.717, 1.165) is 51.4 Å². The van der Waals surface area contributed by atoms with Crippen molar-refractivity contribution in [2.75, 3.05) is 0 Å². The molecule has 0 saturated heterocycles. The number of aliphatic hydroxyl groups excluding tert-OH is 1. The molecule has 0 aromatic rings. The Kier molecular flexibility index (Phi) is 24.4. The SMILES string of the molecule is CCCCCCCCCCC(CCCCC(O)CCCCCCC)S(=O)(=O)[O-].[Na+]. The van der Waals surface area contributed by atoms with Crippen LogP contribution < -0.4 is 29.6 Å². The van der Waals surface area contributed by atoms with E-state index in [0.29, 0.717) is 12.8 Å². The van der Waals surface area contributed by atoms with Crippen LogP contribution in [-0.2, 0) is 10.1 Å². The first-order valence-electron chi connectivity index (χ1n) is 12.0. The van der Waals surface area contributed by atoms with Crippen LogP contribution in [0.15, 0.2) is 0 Å². The first kappa shape index (κ1) is 32.1. The molecular weight excluding hydrogens is 395 g/mol. The second kappa shape index (κ2) is 22.1. The van der Waals surface area contributed by atoms with Crippen LogP contribution in [0.5, 0.6) is 0 Å². The summed E-state index contributed by atoms with van der Waals surface area (Å²) in [4.78, 5) is 0. The van der Waals surface area contributed by atoms with Gasteiger partial charge < -0.3 is 9.66 Å². The number of unbranched alkanes of at least 4 members (excludes halogenated alkanes) is 12. The van der Waals surface area contributed by atoms with Gasteiger partial charge in [0.15, 0.2) is 0 Å². The predicted octanol–water partition coefficient (Wildman–Crippen LogP) is 3.72. The van der Waals surface area contributed by atoms with Crippen LogP contribution in [0.25, 0.3) is 0 Å². The van der Waals surface area contributed by atoms with E-state index in [1.165, 1.54) is 57.8 Å². The fourth-order valence-corrected chi connectivity index (χ4v) is 4.73. The van der Waals surface area contributed by atoms with Crippen LogP contribution in [0.3, 0.4) is 0 Å². The number of hydrogen-bond donors (Lipinski definition) is 1. The Balaban J connectivity index is 0. The van der Waals surface area contributed by atoms with Crippen molar-refractivity contribution in [3.63, 3.8) is 0 Å². The van der Waals surface area contributed by atoms with Crippen molar-refractivity contribution in [1.82, 2.24) is 0 Å². The first-order chi connectivity index (χ1) is 13.4. The molecule has 6 heteroatoms. The van der Waals surface area contributed by atoms with Crippen LogP contribution in [0.1, 0.15) is 136 Å². The summed E-state index contributed by atoms with van der Waals surface area (Å²) in [5.74, 6) is 0. The molecule has 0 spiro atoms. The van der Waals surface area contributed by atoms with E-state index in [4.69, 9.17) is 0 Å². The summed E-state index contributed by atoms with van der Waals surface area (Å²) in [6.45, 7) is 4.40. The summed E-state index contributed by atoms with van der Waals surface area (Å²) in [5, 5.41) is 9.29.